The van der Waals surface area contributed by atoms with E-state index in [-0.39, 0.29) is 23.3 Å². The first-order chi connectivity index (χ1) is 10.8. The molecule has 5 heteroatoms. The third kappa shape index (κ3) is 3.67. The first kappa shape index (κ1) is 16.3. The molecule has 0 spiro atoms. The number of benzene rings is 1. The summed E-state index contributed by atoms with van der Waals surface area (Å²) in [7, 11) is 0. The van der Waals surface area contributed by atoms with Crippen LogP contribution in [0.15, 0.2) is 24.3 Å². The van der Waals surface area contributed by atoms with Gasteiger partial charge < -0.3 is 19.7 Å². The van der Waals surface area contributed by atoms with Crippen LogP contribution in [0.5, 0.6) is 0 Å². The van der Waals surface area contributed by atoms with Gasteiger partial charge in [0.05, 0.1) is 43.5 Å². The topological polar surface area (TPSA) is 50.8 Å². The summed E-state index contributed by atoms with van der Waals surface area (Å²) in [5.74, 6) is 0. The maximum Gasteiger partial charge on any atom is 0.318 e. The summed E-state index contributed by atoms with van der Waals surface area (Å²) in [5.41, 5.74) is 1.60. The Labute approximate surface area is 137 Å². The van der Waals surface area contributed by atoms with Crippen molar-refractivity contribution in [2.24, 2.45) is 0 Å². The summed E-state index contributed by atoms with van der Waals surface area (Å²) in [6.07, 6.45) is 0. The van der Waals surface area contributed by atoms with Gasteiger partial charge in [-0.15, -0.1) is 0 Å². The molecule has 1 atom stereocenters. The van der Waals surface area contributed by atoms with Crippen molar-refractivity contribution in [2.45, 2.75) is 51.5 Å². The maximum atomic E-state index is 12.8. The number of carbonyl (C=O) groups excluding carboxylic acids is 1. The zero-order valence-electron chi connectivity index (χ0n) is 14.4. The number of ether oxygens (including phenoxy) is 2. The standard InChI is InChI=1S/C18H26N2O3/c1-17(2)11-20(12-18(3,4)23-17)16(21)19-15-10-22-9-13-7-5-6-8-14(13)15/h5-8,15H,9-12H2,1-4H3,(H,19,21). The van der Waals surface area contributed by atoms with Gasteiger partial charge in [0.25, 0.3) is 0 Å². The van der Waals surface area contributed by atoms with Crippen LogP contribution in [0.1, 0.15) is 44.9 Å². The molecule has 2 aliphatic rings. The fourth-order valence-corrected chi connectivity index (χ4v) is 3.67. The largest absolute Gasteiger partial charge is 0.374 e. The lowest BCUT2D eigenvalue weighted by Gasteiger charge is -2.47. The second-order valence-electron chi connectivity index (χ2n) is 7.69. The van der Waals surface area contributed by atoms with E-state index in [0.29, 0.717) is 26.3 Å². The fourth-order valence-electron chi connectivity index (χ4n) is 3.67. The molecule has 1 N–H and O–H groups in total. The number of hydrogen-bond donors (Lipinski definition) is 1. The third-order valence-corrected chi connectivity index (χ3v) is 4.25. The molecule has 3 rings (SSSR count). The van der Waals surface area contributed by atoms with Gasteiger partial charge in [-0.3, -0.25) is 0 Å². The molecule has 2 aliphatic heterocycles. The molecule has 126 valence electrons. The van der Waals surface area contributed by atoms with Crippen molar-refractivity contribution in [3.63, 3.8) is 0 Å². The Morgan fingerprint density at radius 3 is 2.52 bits per heavy atom. The van der Waals surface area contributed by atoms with Gasteiger partial charge in [0, 0.05) is 0 Å². The van der Waals surface area contributed by atoms with Crippen LogP contribution in [-0.2, 0) is 16.1 Å². The Morgan fingerprint density at radius 2 is 1.83 bits per heavy atom. The van der Waals surface area contributed by atoms with Crippen molar-refractivity contribution < 1.29 is 14.3 Å². The minimum Gasteiger partial charge on any atom is -0.374 e. The molecule has 0 aliphatic carbocycles. The van der Waals surface area contributed by atoms with Crippen LogP contribution >= 0.6 is 0 Å². The molecule has 1 unspecified atom stereocenters. The summed E-state index contributed by atoms with van der Waals surface area (Å²) in [6.45, 7) is 10.4. The van der Waals surface area contributed by atoms with Gasteiger partial charge in [0.15, 0.2) is 0 Å². The molecule has 1 aromatic carbocycles. The van der Waals surface area contributed by atoms with Crippen molar-refractivity contribution >= 4 is 6.03 Å². The fraction of sp³-hybridized carbons (Fsp3) is 0.611. The van der Waals surface area contributed by atoms with Crippen LogP contribution in [0.4, 0.5) is 4.79 Å². The lowest BCUT2D eigenvalue weighted by atomic mass is 9.98. The average Bonchev–Trinajstić information content (AvgIpc) is 2.44. The highest BCUT2D eigenvalue weighted by atomic mass is 16.5. The lowest BCUT2D eigenvalue weighted by molar-refractivity contribution is -0.170. The van der Waals surface area contributed by atoms with E-state index >= 15 is 0 Å². The normalized spacial score (nSPS) is 25.6. The van der Waals surface area contributed by atoms with E-state index in [0.717, 1.165) is 11.1 Å². The summed E-state index contributed by atoms with van der Waals surface area (Å²) >= 11 is 0. The van der Waals surface area contributed by atoms with E-state index in [1.54, 1.807) is 0 Å². The molecule has 23 heavy (non-hydrogen) atoms. The number of fused-ring (bicyclic) bond motifs is 1. The summed E-state index contributed by atoms with van der Waals surface area (Å²) < 4.78 is 11.7. The number of urea groups is 1. The van der Waals surface area contributed by atoms with Crippen LogP contribution in [0.25, 0.3) is 0 Å². The average molecular weight is 318 g/mol. The Balaban J connectivity index is 1.73. The Morgan fingerprint density at radius 1 is 1.17 bits per heavy atom. The predicted molar refractivity (Wildman–Crippen MR) is 88.2 cm³/mol. The van der Waals surface area contributed by atoms with Crippen molar-refractivity contribution in [3.05, 3.63) is 35.4 Å². The van der Waals surface area contributed by atoms with Gasteiger partial charge >= 0.3 is 6.03 Å². The van der Waals surface area contributed by atoms with Crippen LogP contribution in [-0.4, -0.2) is 41.8 Å². The van der Waals surface area contributed by atoms with E-state index < -0.39 is 0 Å². The second kappa shape index (κ2) is 5.80. The van der Waals surface area contributed by atoms with Crippen molar-refractivity contribution in [1.29, 1.82) is 0 Å². The highest BCUT2D eigenvalue weighted by Crippen LogP contribution is 2.29. The summed E-state index contributed by atoms with van der Waals surface area (Å²) in [6, 6.07) is 7.97. The molecule has 0 radical (unpaired) electrons. The van der Waals surface area contributed by atoms with E-state index in [1.165, 1.54) is 0 Å². The number of morpholine rings is 1. The van der Waals surface area contributed by atoms with Gasteiger partial charge in [-0.1, -0.05) is 24.3 Å². The molecular weight excluding hydrogens is 292 g/mol. The quantitative estimate of drug-likeness (QED) is 0.866. The Hall–Kier alpha value is -1.59. The number of hydrogen-bond acceptors (Lipinski definition) is 3. The van der Waals surface area contributed by atoms with Gasteiger partial charge in [-0.05, 0) is 38.8 Å². The monoisotopic (exact) mass is 318 g/mol. The maximum absolute atomic E-state index is 12.8. The number of nitrogens with one attached hydrogen (secondary N) is 1. The van der Waals surface area contributed by atoms with Gasteiger partial charge in [-0.25, -0.2) is 4.79 Å². The molecule has 1 fully saturated rings. The SMILES string of the molecule is CC1(C)CN(C(=O)NC2COCc3ccccc32)CC(C)(C)O1. The first-order valence-electron chi connectivity index (χ1n) is 8.17. The smallest absolute Gasteiger partial charge is 0.318 e. The Kier molecular flexibility index (Phi) is 4.10. The Bertz CT molecular complexity index is 582. The molecule has 2 amide bonds. The van der Waals surface area contributed by atoms with Crippen molar-refractivity contribution in [2.75, 3.05) is 19.7 Å². The van der Waals surface area contributed by atoms with Crippen LogP contribution in [0.2, 0.25) is 0 Å². The lowest BCUT2D eigenvalue weighted by Crippen LogP contribution is -2.60. The van der Waals surface area contributed by atoms with Crippen molar-refractivity contribution in [3.8, 4) is 0 Å². The van der Waals surface area contributed by atoms with Crippen LogP contribution in [0.3, 0.4) is 0 Å². The highest BCUT2D eigenvalue weighted by molar-refractivity contribution is 5.75. The predicted octanol–water partition coefficient (Wildman–Crippen LogP) is 2.86. The second-order valence-corrected chi connectivity index (χ2v) is 7.69. The molecule has 1 aromatic rings. The van der Waals surface area contributed by atoms with E-state index in [4.69, 9.17) is 9.47 Å². The van der Waals surface area contributed by atoms with Gasteiger partial charge in [-0.2, -0.15) is 0 Å². The summed E-state index contributed by atoms with van der Waals surface area (Å²) in [4.78, 5) is 14.6. The molecule has 2 heterocycles. The first-order valence-corrected chi connectivity index (χ1v) is 8.17. The molecular formula is C18H26N2O3. The summed E-state index contributed by atoms with van der Waals surface area (Å²) in [5, 5.41) is 3.13. The number of carbonyl (C=O) groups is 1. The van der Waals surface area contributed by atoms with E-state index in [9.17, 15) is 4.79 Å². The molecule has 1 saturated heterocycles. The minimum atomic E-state index is -0.347. The van der Waals surface area contributed by atoms with Crippen molar-refractivity contribution in [1.82, 2.24) is 10.2 Å². The van der Waals surface area contributed by atoms with Crippen LogP contribution in [0, 0.1) is 0 Å². The number of amides is 2. The molecule has 5 nitrogen and oxygen atoms in total. The van der Waals surface area contributed by atoms with Gasteiger partial charge in [0.1, 0.15) is 0 Å². The number of nitrogens with zero attached hydrogens (tertiary/aromatic N) is 1. The molecule has 0 bridgehead atoms. The molecule has 0 saturated carbocycles. The minimum absolute atomic E-state index is 0.0558. The highest BCUT2D eigenvalue weighted by Gasteiger charge is 2.40. The molecule has 0 aromatic heterocycles. The third-order valence-electron chi connectivity index (χ3n) is 4.25. The zero-order valence-corrected chi connectivity index (χ0v) is 14.4. The zero-order chi connectivity index (χ0) is 16.7. The van der Waals surface area contributed by atoms with Crippen LogP contribution < -0.4 is 5.32 Å². The van der Waals surface area contributed by atoms with E-state index in [2.05, 4.69) is 17.4 Å². The van der Waals surface area contributed by atoms with E-state index in [1.807, 2.05) is 44.7 Å². The van der Waals surface area contributed by atoms with Gasteiger partial charge in [0.2, 0.25) is 0 Å². The number of rotatable bonds is 1.